The van der Waals surface area contributed by atoms with Gasteiger partial charge in [0.1, 0.15) is 30.7 Å². The number of nitrogens with one attached hydrogen (secondary N) is 2. The number of nitrogens with zero attached hydrogens (tertiary/aromatic N) is 4. The number of carbonyl (C=O) groups is 4. The van der Waals surface area contributed by atoms with Crippen molar-refractivity contribution in [3.05, 3.63) is 94.9 Å². The summed E-state index contributed by atoms with van der Waals surface area (Å²) in [6.45, 7) is 7.75. The second-order valence-corrected chi connectivity index (χ2v) is 15.4. The molecular weight excluding hydrogens is 870 g/mol. The van der Waals surface area contributed by atoms with E-state index in [2.05, 4.69) is 25.5 Å². The molecule has 3 aliphatic rings. The maximum atomic E-state index is 13.2. The van der Waals surface area contributed by atoms with E-state index < -0.39 is 29.6 Å². The molecule has 2 aromatic heterocycles. The van der Waals surface area contributed by atoms with Gasteiger partial charge in [-0.2, -0.15) is 13.2 Å². The smallest absolute Gasteiger partial charge is 0.416 e. The van der Waals surface area contributed by atoms with Crippen molar-refractivity contribution in [3.63, 3.8) is 0 Å². The second kappa shape index (κ2) is 22.8. The van der Waals surface area contributed by atoms with E-state index in [0.717, 1.165) is 23.4 Å². The summed E-state index contributed by atoms with van der Waals surface area (Å²) in [6, 6.07) is 12.4. The van der Waals surface area contributed by atoms with Crippen LogP contribution in [0.5, 0.6) is 11.6 Å². The number of imide groups is 1. The third kappa shape index (κ3) is 12.8. The van der Waals surface area contributed by atoms with Crippen LogP contribution in [0.3, 0.4) is 0 Å². The first-order chi connectivity index (χ1) is 31.9. The van der Waals surface area contributed by atoms with Gasteiger partial charge in [-0.05, 0) is 67.4 Å². The van der Waals surface area contributed by atoms with E-state index >= 15 is 0 Å². The maximum absolute atomic E-state index is 13.2. The van der Waals surface area contributed by atoms with Crippen LogP contribution < -0.4 is 25.0 Å². The van der Waals surface area contributed by atoms with Crippen molar-refractivity contribution in [3.8, 4) is 22.8 Å². The van der Waals surface area contributed by atoms with Crippen LogP contribution in [-0.4, -0.2) is 137 Å². The lowest BCUT2D eigenvalue weighted by atomic mass is 10.0. The zero-order valence-corrected chi connectivity index (χ0v) is 36.4. The Bertz CT molecular complexity index is 2350. The number of halogens is 3. The molecule has 1 unspecified atom stereocenters. The topological polar surface area (TPSA) is 189 Å². The summed E-state index contributed by atoms with van der Waals surface area (Å²) in [5.74, 6) is -0.708. The Morgan fingerprint density at radius 3 is 2.18 bits per heavy atom. The van der Waals surface area contributed by atoms with E-state index in [-0.39, 0.29) is 37.0 Å². The molecule has 0 radical (unpaired) electrons. The van der Waals surface area contributed by atoms with Crippen molar-refractivity contribution in [2.45, 2.75) is 38.5 Å². The van der Waals surface area contributed by atoms with Crippen LogP contribution in [0.25, 0.3) is 11.1 Å². The standard InChI is InChI=1S/C46H51F3N6O11/c1-30-38(26-35(28-50-30)52-42(57)31-3-2-4-34(23-31)46(47,48)49)32-25-40(54-9-11-60-12-10-54)44(51-27-32)66-22-20-64-18-16-62-14-13-61-15-17-63-19-21-65-36-5-6-37-33(24-36)29-55(45(37)59)39-7-8-41(56)53-43(39)58/h2-6,23-28,39H,7-22,29H2,1H3,(H,52,57)(H,53,56,58). The van der Waals surface area contributed by atoms with Gasteiger partial charge < -0.3 is 48.3 Å². The fraction of sp³-hybridized carbons (Fsp3) is 0.435. The molecule has 0 saturated carbocycles. The van der Waals surface area contributed by atoms with E-state index in [4.69, 9.17) is 33.2 Å². The van der Waals surface area contributed by atoms with Gasteiger partial charge in [0.15, 0.2) is 0 Å². The predicted octanol–water partition coefficient (Wildman–Crippen LogP) is 4.84. The SMILES string of the molecule is Cc1ncc(NC(=O)c2cccc(C(F)(F)F)c2)cc1-c1cnc(OCCOCCOCCOCCOCCOc2ccc3c(c2)CN(C2CCC(=O)NC2=O)C3=O)c(N2CCOCC2)c1. The fourth-order valence-electron chi connectivity index (χ4n) is 7.48. The Kier molecular flexibility index (Phi) is 16.5. The van der Waals surface area contributed by atoms with Gasteiger partial charge in [0.2, 0.25) is 17.7 Å². The van der Waals surface area contributed by atoms with Crippen molar-refractivity contribution in [1.82, 2.24) is 20.2 Å². The molecule has 0 aliphatic carbocycles. The number of aryl methyl sites for hydroxylation is 1. The van der Waals surface area contributed by atoms with E-state index in [1.54, 1.807) is 30.5 Å². The average molecular weight is 921 g/mol. The highest BCUT2D eigenvalue weighted by Gasteiger charge is 2.39. The molecule has 4 aromatic rings. The Morgan fingerprint density at radius 2 is 1.50 bits per heavy atom. The molecule has 5 heterocycles. The van der Waals surface area contributed by atoms with E-state index in [1.807, 2.05) is 13.0 Å². The zero-order chi connectivity index (χ0) is 46.5. The first-order valence-corrected chi connectivity index (χ1v) is 21.6. The largest absolute Gasteiger partial charge is 0.491 e. The van der Waals surface area contributed by atoms with Crippen LogP contribution in [-0.2, 0) is 46.0 Å². The summed E-state index contributed by atoms with van der Waals surface area (Å²) >= 11 is 0. The lowest BCUT2D eigenvalue weighted by Gasteiger charge is -2.30. The summed E-state index contributed by atoms with van der Waals surface area (Å²) in [4.78, 5) is 62.2. The first kappa shape index (κ1) is 47.8. The number of anilines is 2. The lowest BCUT2D eigenvalue weighted by Crippen LogP contribution is -2.52. The highest BCUT2D eigenvalue weighted by molar-refractivity contribution is 6.06. The van der Waals surface area contributed by atoms with Crippen molar-refractivity contribution in [1.29, 1.82) is 0 Å². The highest BCUT2D eigenvalue weighted by atomic mass is 19.4. The number of rotatable bonds is 22. The lowest BCUT2D eigenvalue weighted by molar-refractivity contribution is -0.138. The Balaban J connectivity index is 0.762. The minimum atomic E-state index is -4.58. The van der Waals surface area contributed by atoms with E-state index in [9.17, 15) is 32.3 Å². The Morgan fingerprint density at radius 1 is 0.818 bits per heavy atom. The number of benzene rings is 2. The molecular formula is C46H51F3N6O11. The van der Waals surface area contributed by atoms with Gasteiger partial charge >= 0.3 is 6.18 Å². The van der Waals surface area contributed by atoms with Gasteiger partial charge in [-0.1, -0.05) is 6.07 Å². The van der Waals surface area contributed by atoms with Gasteiger partial charge in [-0.15, -0.1) is 0 Å². The number of hydrogen-bond acceptors (Lipinski definition) is 14. The minimum Gasteiger partial charge on any atom is -0.491 e. The van der Waals surface area contributed by atoms with E-state index in [0.29, 0.717) is 132 Å². The average Bonchev–Trinajstić information content (AvgIpc) is 3.64. The summed E-state index contributed by atoms with van der Waals surface area (Å²) in [7, 11) is 0. The van der Waals surface area contributed by atoms with Gasteiger partial charge in [0.25, 0.3) is 11.8 Å². The normalized spacial score (nSPS) is 16.3. The number of morpholine rings is 1. The molecule has 4 amide bonds. The minimum absolute atomic E-state index is 0.133. The van der Waals surface area contributed by atoms with Gasteiger partial charge in [0.05, 0.1) is 83.5 Å². The van der Waals surface area contributed by atoms with E-state index in [1.165, 1.54) is 23.2 Å². The van der Waals surface area contributed by atoms with Crippen LogP contribution in [0.4, 0.5) is 24.5 Å². The number of piperidine rings is 1. The van der Waals surface area contributed by atoms with Crippen LogP contribution >= 0.6 is 0 Å². The van der Waals surface area contributed by atoms with Crippen molar-refractivity contribution >= 4 is 35.0 Å². The predicted molar refractivity (Wildman–Crippen MR) is 231 cm³/mol. The first-order valence-electron chi connectivity index (χ1n) is 21.6. The summed E-state index contributed by atoms with van der Waals surface area (Å²) in [5, 5.41) is 4.96. The van der Waals surface area contributed by atoms with Gasteiger partial charge in [0, 0.05) is 60.2 Å². The Labute approximate surface area is 378 Å². The number of hydrogen-bond donors (Lipinski definition) is 2. The van der Waals surface area contributed by atoms with Crippen LogP contribution in [0.1, 0.15) is 50.4 Å². The number of amides is 4. The quantitative estimate of drug-likeness (QED) is 0.0805. The molecule has 2 fully saturated rings. The Hall–Kier alpha value is -6.19. The number of aromatic nitrogens is 2. The molecule has 66 heavy (non-hydrogen) atoms. The fourth-order valence-corrected chi connectivity index (χ4v) is 7.48. The van der Waals surface area contributed by atoms with Crippen molar-refractivity contribution in [2.75, 3.05) is 103 Å². The molecule has 2 N–H and O–H groups in total. The number of ether oxygens (including phenoxy) is 7. The maximum Gasteiger partial charge on any atom is 0.416 e. The van der Waals surface area contributed by atoms with Crippen molar-refractivity contribution in [2.24, 2.45) is 0 Å². The summed E-state index contributed by atoms with van der Waals surface area (Å²) in [5.41, 5.74) is 3.33. The van der Waals surface area contributed by atoms with Crippen LogP contribution in [0, 0.1) is 6.92 Å². The number of carbonyl (C=O) groups excluding carboxylic acids is 4. The molecule has 0 bridgehead atoms. The molecule has 0 spiro atoms. The second-order valence-electron chi connectivity index (χ2n) is 15.4. The summed E-state index contributed by atoms with van der Waals surface area (Å²) < 4.78 is 79.6. The molecule has 20 heteroatoms. The van der Waals surface area contributed by atoms with Crippen LogP contribution in [0.15, 0.2) is 67.0 Å². The van der Waals surface area contributed by atoms with Crippen molar-refractivity contribution < 1.29 is 65.5 Å². The monoisotopic (exact) mass is 920 g/mol. The molecule has 2 saturated heterocycles. The highest BCUT2D eigenvalue weighted by Crippen LogP contribution is 2.35. The third-order valence-electron chi connectivity index (χ3n) is 10.9. The van der Waals surface area contributed by atoms with Crippen LogP contribution in [0.2, 0.25) is 0 Å². The third-order valence-corrected chi connectivity index (χ3v) is 10.9. The molecule has 2 aromatic carbocycles. The zero-order valence-electron chi connectivity index (χ0n) is 36.4. The molecule has 17 nitrogen and oxygen atoms in total. The van der Waals surface area contributed by atoms with Gasteiger partial charge in [-0.3, -0.25) is 29.5 Å². The molecule has 7 rings (SSSR count). The molecule has 352 valence electrons. The number of alkyl halides is 3. The van der Waals surface area contributed by atoms with Gasteiger partial charge in [-0.25, -0.2) is 4.98 Å². The molecule has 1 atom stereocenters. The molecule has 3 aliphatic heterocycles. The number of fused-ring (bicyclic) bond motifs is 1. The summed E-state index contributed by atoms with van der Waals surface area (Å²) in [6.07, 6.45) is -0.983. The number of pyridine rings is 2.